The van der Waals surface area contributed by atoms with E-state index < -0.39 is 10.0 Å². The van der Waals surface area contributed by atoms with E-state index in [9.17, 15) is 8.42 Å². The molecule has 0 radical (unpaired) electrons. The van der Waals surface area contributed by atoms with Gasteiger partial charge >= 0.3 is 0 Å². The van der Waals surface area contributed by atoms with Crippen LogP contribution in [0.1, 0.15) is 31.4 Å². The van der Waals surface area contributed by atoms with Gasteiger partial charge in [-0.2, -0.15) is 4.31 Å². The number of rotatable bonds is 7. The van der Waals surface area contributed by atoms with E-state index in [4.69, 9.17) is 16.0 Å². The van der Waals surface area contributed by atoms with Crippen LogP contribution < -0.4 is 0 Å². The zero-order valence-electron chi connectivity index (χ0n) is 11.0. The molecule has 0 N–H and O–H groups in total. The van der Waals surface area contributed by atoms with Gasteiger partial charge in [-0.15, -0.1) is 11.6 Å². The average molecular weight is 383 g/mol. The first-order chi connectivity index (χ1) is 9.50. The molecule has 1 aromatic rings. The van der Waals surface area contributed by atoms with E-state index >= 15 is 0 Å². The van der Waals surface area contributed by atoms with Crippen molar-refractivity contribution in [3.05, 3.63) is 16.5 Å². The molecule has 0 amide bonds. The third-order valence-corrected chi connectivity index (χ3v) is 6.73. The van der Waals surface area contributed by atoms with Crippen LogP contribution in [0, 0.1) is 11.8 Å². The molecule has 3 rings (SSSR count). The van der Waals surface area contributed by atoms with Crippen molar-refractivity contribution >= 4 is 37.6 Å². The largest absolute Gasteiger partial charge is 0.452 e. The SMILES string of the molecule is O=S(=O)(c1cc(CCl)oc1Br)N(CC1CC1)CC1CC1. The molecule has 1 aromatic heterocycles. The lowest BCUT2D eigenvalue weighted by atomic mass is 10.4. The van der Waals surface area contributed by atoms with Gasteiger partial charge < -0.3 is 4.42 Å². The average Bonchev–Trinajstić information content (AvgIpc) is 3.30. The first kappa shape index (κ1) is 14.9. The summed E-state index contributed by atoms with van der Waals surface area (Å²) >= 11 is 8.90. The highest BCUT2D eigenvalue weighted by molar-refractivity contribution is 9.10. The lowest BCUT2D eigenvalue weighted by molar-refractivity contribution is 0.381. The Morgan fingerprint density at radius 1 is 1.25 bits per heavy atom. The zero-order chi connectivity index (χ0) is 14.3. The summed E-state index contributed by atoms with van der Waals surface area (Å²) in [5.41, 5.74) is 0. The summed E-state index contributed by atoms with van der Waals surface area (Å²) in [5, 5.41) is 0. The summed E-state index contributed by atoms with van der Waals surface area (Å²) in [6.07, 6.45) is 4.54. The molecule has 112 valence electrons. The highest BCUT2D eigenvalue weighted by Crippen LogP contribution is 2.37. The monoisotopic (exact) mass is 381 g/mol. The second-order valence-corrected chi connectivity index (χ2v) is 8.59. The van der Waals surface area contributed by atoms with Crippen LogP contribution in [0.3, 0.4) is 0 Å². The smallest absolute Gasteiger partial charge is 0.247 e. The van der Waals surface area contributed by atoms with Gasteiger partial charge in [0.2, 0.25) is 10.0 Å². The summed E-state index contributed by atoms with van der Waals surface area (Å²) in [6.45, 7) is 1.26. The lowest BCUT2D eigenvalue weighted by Gasteiger charge is -2.21. The summed E-state index contributed by atoms with van der Waals surface area (Å²) in [6, 6.07) is 1.53. The molecule has 0 aromatic carbocycles. The van der Waals surface area contributed by atoms with Gasteiger partial charge in [0, 0.05) is 19.2 Å². The Labute approximate surface area is 132 Å². The second-order valence-electron chi connectivity index (χ2n) is 5.69. The van der Waals surface area contributed by atoms with Gasteiger partial charge in [0.25, 0.3) is 0 Å². The molecule has 2 saturated carbocycles. The number of hydrogen-bond donors (Lipinski definition) is 0. The van der Waals surface area contributed by atoms with E-state index in [1.807, 2.05) is 0 Å². The highest BCUT2D eigenvalue weighted by Gasteiger charge is 2.37. The molecule has 2 aliphatic carbocycles. The van der Waals surface area contributed by atoms with Gasteiger partial charge in [0.1, 0.15) is 10.7 Å². The van der Waals surface area contributed by atoms with Gasteiger partial charge in [0.15, 0.2) is 4.67 Å². The molecule has 0 bridgehead atoms. The Balaban J connectivity index is 1.86. The normalized spacial score (nSPS) is 19.8. The van der Waals surface area contributed by atoms with Crippen molar-refractivity contribution in [1.82, 2.24) is 4.31 Å². The fourth-order valence-corrected chi connectivity index (χ4v) is 4.91. The zero-order valence-corrected chi connectivity index (χ0v) is 14.2. The summed E-state index contributed by atoms with van der Waals surface area (Å²) in [7, 11) is -3.50. The van der Waals surface area contributed by atoms with Crippen LogP contribution in [-0.2, 0) is 15.9 Å². The number of alkyl halides is 1. The van der Waals surface area contributed by atoms with Gasteiger partial charge in [-0.3, -0.25) is 0 Å². The molecular formula is C13H17BrClNO3S. The Bertz CT molecular complexity index is 579. The van der Waals surface area contributed by atoms with E-state index in [0.717, 1.165) is 25.7 Å². The molecule has 2 aliphatic rings. The summed E-state index contributed by atoms with van der Waals surface area (Å²) in [4.78, 5) is 0.203. The van der Waals surface area contributed by atoms with Crippen molar-refractivity contribution in [2.75, 3.05) is 13.1 Å². The minimum absolute atomic E-state index is 0.166. The van der Waals surface area contributed by atoms with E-state index in [1.54, 1.807) is 4.31 Å². The predicted molar refractivity (Wildman–Crippen MR) is 80.2 cm³/mol. The highest BCUT2D eigenvalue weighted by atomic mass is 79.9. The van der Waals surface area contributed by atoms with E-state index in [2.05, 4.69) is 15.9 Å². The maximum absolute atomic E-state index is 12.8. The number of nitrogens with zero attached hydrogens (tertiary/aromatic N) is 1. The number of furan rings is 1. The Kier molecular flexibility index (Phi) is 4.19. The van der Waals surface area contributed by atoms with Crippen molar-refractivity contribution in [1.29, 1.82) is 0 Å². The Morgan fingerprint density at radius 3 is 2.20 bits per heavy atom. The van der Waals surface area contributed by atoms with Gasteiger partial charge in [0.05, 0.1) is 5.88 Å². The summed E-state index contributed by atoms with van der Waals surface area (Å²) in [5.74, 6) is 1.69. The Hall–Kier alpha value is -0.0400. The topological polar surface area (TPSA) is 50.5 Å². The minimum Gasteiger partial charge on any atom is -0.452 e. The lowest BCUT2D eigenvalue weighted by Crippen LogP contribution is -2.34. The summed E-state index contributed by atoms with van der Waals surface area (Å²) < 4.78 is 32.8. The van der Waals surface area contributed by atoms with Crippen LogP contribution in [0.5, 0.6) is 0 Å². The van der Waals surface area contributed by atoms with Crippen molar-refractivity contribution in [3.8, 4) is 0 Å². The molecule has 0 spiro atoms. The molecule has 4 nitrogen and oxygen atoms in total. The van der Waals surface area contributed by atoms with Crippen LogP contribution in [0.25, 0.3) is 0 Å². The third kappa shape index (κ3) is 3.24. The van der Waals surface area contributed by atoms with Crippen LogP contribution in [0.15, 0.2) is 20.0 Å². The molecule has 0 unspecified atom stereocenters. The maximum atomic E-state index is 12.8. The molecule has 0 saturated heterocycles. The van der Waals surface area contributed by atoms with Crippen LogP contribution in [0.4, 0.5) is 0 Å². The predicted octanol–water partition coefficient (Wildman–Crippen LogP) is 3.59. The van der Waals surface area contributed by atoms with Crippen molar-refractivity contribution in [2.45, 2.75) is 36.5 Å². The van der Waals surface area contributed by atoms with Crippen molar-refractivity contribution in [3.63, 3.8) is 0 Å². The van der Waals surface area contributed by atoms with Gasteiger partial charge in [-0.25, -0.2) is 8.42 Å². The first-order valence-corrected chi connectivity index (χ1v) is 9.61. The molecule has 1 heterocycles. The van der Waals surface area contributed by atoms with Crippen LogP contribution in [-0.4, -0.2) is 25.8 Å². The Morgan fingerprint density at radius 2 is 1.80 bits per heavy atom. The molecule has 0 aliphatic heterocycles. The standard InChI is InChI=1S/C13H17BrClNO3S/c14-13-12(5-11(6-15)19-13)20(17,18)16(7-9-1-2-9)8-10-3-4-10/h5,9-10H,1-4,6-8H2. The molecule has 0 atom stereocenters. The quantitative estimate of drug-likeness (QED) is 0.677. The van der Waals surface area contributed by atoms with Gasteiger partial charge in [-0.1, -0.05) is 0 Å². The van der Waals surface area contributed by atoms with Gasteiger partial charge in [-0.05, 0) is 53.4 Å². The molecular weight excluding hydrogens is 366 g/mol. The fourth-order valence-electron chi connectivity index (χ4n) is 2.23. The minimum atomic E-state index is -3.50. The van der Waals surface area contributed by atoms with E-state index in [-0.39, 0.29) is 15.4 Å². The molecule has 7 heteroatoms. The maximum Gasteiger partial charge on any atom is 0.247 e. The second kappa shape index (κ2) is 5.63. The van der Waals surface area contributed by atoms with Crippen molar-refractivity contribution in [2.24, 2.45) is 11.8 Å². The van der Waals surface area contributed by atoms with Crippen molar-refractivity contribution < 1.29 is 12.8 Å². The number of sulfonamides is 1. The molecule has 20 heavy (non-hydrogen) atoms. The van der Waals surface area contributed by atoms with E-state index in [1.165, 1.54) is 6.07 Å². The number of halogens is 2. The van der Waals surface area contributed by atoms with E-state index in [0.29, 0.717) is 30.7 Å². The third-order valence-electron chi connectivity index (χ3n) is 3.77. The fraction of sp³-hybridized carbons (Fsp3) is 0.692. The van der Waals surface area contributed by atoms with Crippen LogP contribution in [0.2, 0.25) is 0 Å². The first-order valence-electron chi connectivity index (χ1n) is 6.85. The van der Waals surface area contributed by atoms with Crippen LogP contribution >= 0.6 is 27.5 Å². The number of hydrogen-bond acceptors (Lipinski definition) is 3. The molecule has 2 fully saturated rings.